The molecule has 0 spiro atoms. The number of hydrazine groups is 1. The molecular weight excluding hydrogens is 510 g/mol. The molecule has 5 rings (SSSR count). The van der Waals surface area contributed by atoms with Crippen LogP contribution in [0.5, 0.6) is 0 Å². The number of aryl methyl sites for hydroxylation is 1. The molecule has 0 radical (unpaired) electrons. The summed E-state index contributed by atoms with van der Waals surface area (Å²) in [4.78, 5) is 15.0. The van der Waals surface area contributed by atoms with Gasteiger partial charge in [-0.25, -0.2) is 4.39 Å². The number of carbonyl (C=O) groups excluding carboxylic acids is 1. The minimum absolute atomic E-state index is 0.125. The number of rotatable bonds is 2. The molecule has 1 fully saturated rings. The van der Waals surface area contributed by atoms with Crippen molar-refractivity contribution >= 4 is 17.7 Å². The van der Waals surface area contributed by atoms with Gasteiger partial charge in [0.2, 0.25) is 0 Å². The summed E-state index contributed by atoms with van der Waals surface area (Å²) in [6.45, 7) is 2.18. The van der Waals surface area contributed by atoms with Gasteiger partial charge in [-0.15, -0.1) is 11.8 Å². The molecule has 1 amide bonds. The van der Waals surface area contributed by atoms with Crippen molar-refractivity contribution in [2.75, 3.05) is 19.9 Å². The molecule has 37 heavy (non-hydrogen) atoms. The minimum atomic E-state index is -4.70. The number of thioether (sulfide) groups is 1. The predicted molar refractivity (Wildman–Crippen MR) is 130 cm³/mol. The van der Waals surface area contributed by atoms with E-state index in [1.165, 1.54) is 29.0 Å². The van der Waals surface area contributed by atoms with Crippen LogP contribution in [0.3, 0.4) is 0 Å². The number of halogens is 4. The molecule has 0 unspecified atom stereocenters. The lowest BCUT2D eigenvalue weighted by molar-refractivity contribution is -0.204. The lowest BCUT2D eigenvalue weighted by Crippen LogP contribution is -2.62. The van der Waals surface area contributed by atoms with Crippen molar-refractivity contribution in [3.05, 3.63) is 88.2 Å². The molecule has 2 atom stereocenters. The first-order valence-corrected chi connectivity index (χ1v) is 12.7. The number of alkyl halides is 3. The lowest BCUT2D eigenvalue weighted by Gasteiger charge is -2.49. The van der Waals surface area contributed by atoms with Crippen molar-refractivity contribution in [1.29, 1.82) is 0 Å². The van der Waals surface area contributed by atoms with E-state index in [0.29, 0.717) is 21.8 Å². The summed E-state index contributed by atoms with van der Waals surface area (Å²) in [7, 11) is 0. The SMILES string of the molecule is Cc1cccc2c1SCc1c(F)cccc1[C@@H]2N1CN([C@H](C)C(F)(F)F)C(=O)/C2=C(\O)COC/C=C\N21. The van der Waals surface area contributed by atoms with Gasteiger partial charge in [-0.1, -0.05) is 30.3 Å². The number of hydrogen-bond donors (Lipinski definition) is 1. The standard InChI is InChI=1S/C26H25F4N3O3S/c1-15-6-3-8-18-22(17-7-4-9-20(27)19(17)13-37-24(15)18)33-14-31(16(2)26(28,29)30)25(35)23-21(34)12-36-11-5-10-32(23)33/h3-10,16,22,34H,11-14H2,1-2H3/b10-5-,23-21+/t16-,22+/m1/s1. The molecule has 196 valence electrons. The maximum Gasteiger partial charge on any atom is 0.408 e. The van der Waals surface area contributed by atoms with Gasteiger partial charge in [-0.2, -0.15) is 18.2 Å². The lowest BCUT2D eigenvalue weighted by atomic mass is 9.93. The van der Waals surface area contributed by atoms with E-state index >= 15 is 4.39 Å². The van der Waals surface area contributed by atoms with Crippen LogP contribution in [-0.4, -0.2) is 58.0 Å². The van der Waals surface area contributed by atoms with Crippen molar-refractivity contribution < 1.29 is 32.2 Å². The van der Waals surface area contributed by atoms with Gasteiger partial charge in [0, 0.05) is 22.4 Å². The second-order valence-electron chi connectivity index (χ2n) is 9.11. The molecule has 0 saturated carbocycles. The molecule has 1 N–H and O–H groups in total. The van der Waals surface area contributed by atoms with Gasteiger partial charge >= 0.3 is 6.18 Å². The summed E-state index contributed by atoms with van der Waals surface area (Å²) in [6.07, 6.45) is -1.58. The summed E-state index contributed by atoms with van der Waals surface area (Å²) in [6, 6.07) is 7.46. The third-order valence-corrected chi connectivity index (χ3v) is 8.11. The number of amides is 1. The van der Waals surface area contributed by atoms with Crippen LogP contribution in [0.1, 0.15) is 35.2 Å². The van der Waals surface area contributed by atoms with E-state index in [1.807, 2.05) is 25.1 Å². The zero-order valence-corrected chi connectivity index (χ0v) is 20.9. The molecule has 1 saturated heterocycles. The highest BCUT2D eigenvalue weighted by atomic mass is 32.2. The van der Waals surface area contributed by atoms with Crippen LogP contribution < -0.4 is 0 Å². The van der Waals surface area contributed by atoms with E-state index in [9.17, 15) is 23.1 Å². The second-order valence-corrected chi connectivity index (χ2v) is 10.1. The number of ether oxygens (including phenoxy) is 1. The molecule has 11 heteroatoms. The summed E-state index contributed by atoms with van der Waals surface area (Å²) in [5, 5.41) is 13.8. The average molecular weight is 536 g/mol. The number of benzene rings is 2. The predicted octanol–water partition coefficient (Wildman–Crippen LogP) is 5.41. The highest BCUT2D eigenvalue weighted by Gasteiger charge is 2.49. The fraction of sp³-hybridized carbons (Fsp3) is 0.346. The van der Waals surface area contributed by atoms with E-state index in [1.54, 1.807) is 23.2 Å². The van der Waals surface area contributed by atoms with Crippen molar-refractivity contribution in [1.82, 2.24) is 14.9 Å². The molecule has 3 heterocycles. The van der Waals surface area contributed by atoms with E-state index in [2.05, 4.69) is 0 Å². The Labute approximate surface area is 215 Å². The van der Waals surface area contributed by atoms with Crippen LogP contribution in [0, 0.1) is 12.7 Å². The van der Waals surface area contributed by atoms with Crippen LogP contribution in [0.25, 0.3) is 0 Å². The molecule has 6 nitrogen and oxygen atoms in total. The van der Waals surface area contributed by atoms with E-state index < -0.39 is 42.4 Å². The largest absolute Gasteiger partial charge is 0.507 e. The van der Waals surface area contributed by atoms with Crippen LogP contribution >= 0.6 is 11.8 Å². The topological polar surface area (TPSA) is 56.3 Å². The van der Waals surface area contributed by atoms with Gasteiger partial charge in [0.1, 0.15) is 24.2 Å². The molecular formula is C26H25F4N3O3S. The number of carbonyl (C=O) groups is 1. The Balaban J connectivity index is 1.76. The first-order valence-electron chi connectivity index (χ1n) is 11.7. The molecule has 0 bridgehead atoms. The number of aliphatic hydroxyl groups excluding tert-OH is 1. The Morgan fingerprint density at radius 2 is 1.89 bits per heavy atom. The highest BCUT2D eigenvalue weighted by molar-refractivity contribution is 7.98. The monoisotopic (exact) mass is 535 g/mol. The fourth-order valence-corrected chi connectivity index (χ4v) is 6.12. The van der Waals surface area contributed by atoms with Crippen molar-refractivity contribution in [3.8, 4) is 0 Å². The third kappa shape index (κ3) is 4.49. The summed E-state index contributed by atoms with van der Waals surface area (Å²) < 4.78 is 62.1. The molecule has 0 aliphatic carbocycles. The minimum Gasteiger partial charge on any atom is -0.507 e. The van der Waals surface area contributed by atoms with Crippen LogP contribution in [0.2, 0.25) is 0 Å². The average Bonchev–Trinajstić information content (AvgIpc) is 3.00. The Hall–Kier alpha value is -3.02. The summed E-state index contributed by atoms with van der Waals surface area (Å²) in [5.41, 5.74) is 2.41. The smallest absolute Gasteiger partial charge is 0.408 e. The maximum absolute atomic E-state index is 15.1. The van der Waals surface area contributed by atoms with Crippen molar-refractivity contribution in [2.45, 2.75) is 42.8 Å². The van der Waals surface area contributed by atoms with E-state index in [4.69, 9.17) is 4.74 Å². The number of hydrogen-bond acceptors (Lipinski definition) is 6. The van der Waals surface area contributed by atoms with E-state index in [-0.39, 0.29) is 18.9 Å². The van der Waals surface area contributed by atoms with Gasteiger partial charge in [-0.05, 0) is 42.7 Å². The Morgan fingerprint density at radius 1 is 1.16 bits per heavy atom. The van der Waals surface area contributed by atoms with Crippen LogP contribution in [-0.2, 0) is 15.3 Å². The molecule has 2 aromatic rings. The normalized spacial score (nSPS) is 24.4. The van der Waals surface area contributed by atoms with Crippen molar-refractivity contribution in [3.63, 3.8) is 0 Å². The number of nitrogens with zero attached hydrogens (tertiary/aromatic N) is 3. The van der Waals surface area contributed by atoms with E-state index in [0.717, 1.165) is 22.9 Å². The third-order valence-electron chi connectivity index (χ3n) is 6.83. The first-order chi connectivity index (χ1) is 17.6. The first kappa shape index (κ1) is 25.6. The molecule has 2 aromatic carbocycles. The molecule has 3 aliphatic rings. The van der Waals surface area contributed by atoms with Crippen LogP contribution in [0.15, 0.2) is 65.0 Å². The maximum atomic E-state index is 15.1. The number of fused-ring (bicyclic) bond motifs is 3. The van der Waals surface area contributed by atoms with Gasteiger partial charge < -0.3 is 14.7 Å². The zero-order chi connectivity index (χ0) is 26.5. The van der Waals surface area contributed by atoms with Crippen LogP contribution in [0.4, 0.5) is 17.6 Å². The zero-order valence-electron chi connectivity index (χ0n) is 20.1. The Kier molecular flexibility index (Phi) is 6.71. The quantitative estimate of drug-likeness (QED) is 0.519. The number of aliphatic hydroxyl groups is 1. The Bertz CT molecular complexity index is 1240. The summed E-state index contributed by atoms with van der Waals surface area (Å²) in [5.74, 6) is -1.53. The fourth-order valence-electron chi connectivity index (χ4n) is 4.89. The van der Waals surface area contributed by atoms with Gasteiger partial charge in [-0.3, -0.25) is 9.80 Å². The van der Waals surface area contributed by atoms with Crippen molar-refractivity contribution in [2.24, 2.45) is 0 Å². The molecule has 0 aromatic heterocycles. The van der Waals surface area contributed by atoms with Gasteiger partial charge in [0.05, 0.1) is 19.3 Å². The van der Waals surface area contributed by atoms with Gasteiger partial charge in [0.15, 0.2) is 5.70 Å². The molecule has 3 aliphatic heterocycles. The second kappa shape index (κ2) is 9.70. The Morgan fingerprint density at radius 3 is 2.65 bits per heavy atom. The van der Waals surface area contributed by atoms with Gasteiger partial charge in [0.25, 0.3) is 5.91 Å². The summed E-state index contributed by atoms with van der Waals surface area (Å²) >= 11 is 1.46. The highest BCUT2D eigenvalue weighted by Crippen LogP contribution is 2.46.